The minimum Gasteiger partial charge on any atom is -0.399 e. The number of methoxy groups -OCH3 is 1. The van der Waals surface area contributed by atoms with Crippen LogP contribution >= 0.6 is 11.3 Å². The number of carbonyl (C=O) groups excluding carboxylic acids is 3. The zero-order valence-electron chi connectivity index (χ0n) is 17.7. The maximum absolute atomic E-state index is 12.7. The first kappa shape index (κ1) is 23.3. The Morgan fingerprint density at radius 2 is 2.16 bits per heavy atom. The Morgan fingerprint density at radius 3 is 2.81 bits per heavy atom. The maximum atomic E-state index is 12.7. The van der Waals surface area contributed by atoms with E-state index in [1.165, 1.54) is 7.11 Å². The Kier molecular flexibility index (Phi) is 7.83. The van der Waals surface area contributed by atoms with Gasteiger partial charge in [-0.1, -0.05) is 17.3 Å². The zero-order valence-corrected chi connectivity index (χ0v) is 18.5. The number of terminal acetylenes is 1. The van der Waals surface area contributed by atoms with E-state index < -0.39 is 18.0 Å². The molecule has 1 aliphatic rings. The van der Waals surface area contributed by atoms with Crippen molar-refractivity contribution in [2.24, 2.45) is 0 Å². The van der Waals surface area contributed by atoms with Gasteiger partial charge in [0.25, 0.3) is 5.91 Å². The summed E-state index contributed by atoms with van der Waals surface area (Å²) in [5, 5.41) is 5.55. The molecule has 2 N–H and O–H groups in total. The van der Waals surface area contributed by atoms with Gasteiger partial charge in [-0.3, -0.25) is 9.59 Å². The van der Waals surface area contributed by atoms with Gasteiger partial charge < -0.3 is 29.7 Å². The molecule has 1 unspecified atom stereocenters. The number of hydrogen-bond donors (Lipinski definition) is 2. The third kappa shape index (κ3) is 5.85. The van der Waals surface area contributed by atoms with Gasteiger partial charge in [0.1, 0.15) is 12.6 Å². The lowest BCUT2D eigenvalue weighted by Gasteiger charge is -2.28. The van der Waals surface area contributed by atoms with E-state index in [1.54, 1.807) is 35.2 Å². The normalized spacial score (nSPS) is 14.4. The van der Waals surface area contributed by atoms with E-state index in [2.05, 4.69) is 16.6 Å². The third-order valence-electron chi connectivity index (χ3n) is 4.60. The van der Waals surface area contributed by atoms with Gasteiger partial charge in [0.15, 0.2) is 5.06 Å². The number of carbonyl (C=O) groups is 3. The monoisotopic (exact) mass is 457 g/mol. The van der Waals surface area contributed by atoms with Crippen LogP contribution in [-0.2, 0) is 19.1 Å². The first-order valence-electron chi connectivity index (χ1n) is 9.74. The Hall–Kier alpha value is -3.39. The fourth-order valence-electron chi connectivity index (χ4n) is 3.10. The average molecular weight is 458 g/mol. The molecule has 1 fully saturated rings. The summed E-state index contributed by atoms with van der Waals surface area (Å²) in [4.78, 5) is 39.3. The summed E-state index contributed by atoms with van der Waals surface area (Å²) in [7, 11) is 1.42. The highest BCUT2D eigenvalue weighted by molar-refractivity contribution is 7.14. The molecule has 0 spiro atoms. The molecule has 3 amide bonds. The number of aryl methyl sites for hydroxylation is 1. The van der Waals surface area contributed by atoms with Crippen LogP contribution in [0.4, 0.5) is 16.2 Å². The molecule has 1 saturated heterocycles. The fraction of sp³-hybridized carbons (Fsp3) is 0.318. The smallest absolute Gasteiger partial charge is 0.399 e. The number of nitrogens with one attached hydrogen (secondary N) is 2. The van der Waals surface area contributed by atoms with E-state index in [0.717, 1.165) is 22.6 Å². The molecular formula is C22H23N3O6S. The van der Waals surface area contributed by atoms with E-state index in [0.29, 0.717) is 28.8 Å². The van der Waals surface area contributed by atoms with E-state index in [-0.39, 0.29) is 19.1 Å². The van der Waals surface area contributed by atoms with Crippen molar-refractivity contribution < 1.29 is 28.6 Å². The molecule has 0 aliphatic carbocycles. The molecular weight excluding hydrogens is 434 g/mol. The summed E-state index contributed by atoms with van der Waals surface area (Å²) in [5.41, 5.74) is 2.09. The van der Waals surface area contributed by atoms with Gasteiger partial charge in [-0.15, -0.1) is 6.42 Å². The van der Waals surface area contributed by atoms with Gasteiger partial charge in [-0.2, -0.15) is 0 Å². The van der Waals surface area contributed by atoms with Crippen LogP contribution in [0.5, 0.6) is 5.06 Å². The lowest BCUT2D eigenvalue weighted by Crippen LogP contribution is -2.47. The maximum Gasteiger partial charge on any atom is 0.414 e. The number of hydrogen-bond acceptors (Lipinski definition) is 7. The van der Waals surface area contributed by atoms with Crippen molar-refractivity contribution in [2.45, 2.75) is 13.0 Å². The second-order valence-corrected chi connectivity index (χ2v) is 7.94. The molecule has 0 radical (unpaired) electrons. The molecule has 9 nitrogen and oxygen atoms in total. The Bertz CT molecular complexity index is 1040. The molecule has 0 bridgehead atoms. The van der Waals surface area contributed by atoms with Crippen LogP contribution in [0.2, 0.25) is 0 Å². The predicted molar refractivity (Wildman–Crippen MR) is 120 cm³/mol. The number of morpholine rings is 1. The van der Waals surface area contributed by atoms with Crippen LogP contribution in [0, 0.1) is 19.3 Å². The molecule has 32 heavy (non-hydrogen) atoms. The molecule has 2 heterocycles. The highest BCUT2D eigenvalue weighted by Crippen LogP contribution is 2.25. The van der Waals surface area contributed by atoms with Gasteiger partial charge in [-0.05, 0) is 42.8 Å². The van der Waals surface area contributed by atoms with E-state index in [1.807, 2.05) is 6.92 Å². The van der Waals surface area contributed by atoms with E-state index >= 15 is 0 Å². The van der Waals surface area contributed by atoms with Crippen LogP contribution in [0.1, 0.15) is 10.4 Å². The van der Waals surface area contributed by atoms with Crippen molar-refractivity contribution in [1.82, 2.24) is 5.32 Å². The molecule has 1 aliphatic heterocycles. The summed E-state index contributed by atoms with van der Waals surface area (Å²) in [6.45, 7) is 2.79. The lowest BCUT2D eigenvalue weighted by molar-refractivity contribution is -0.125. The largest absolute Gasteiger partial charge is 0.414 e. The number of rotatable bonds is 7. The third-order valence-corrected chi connectivity index (χ3v) is 5.49. The van der Waals surface area contributed by atoms with E-state index in [9.17, 15) is 14.4 Å². The topological polar surface area (TPSA) is 106 Å². The molecule has 168 valence electrons. The van der Waals surface area contributed by atoms with Gasteiger partial charge >= 0.3 is 6.09 Å². The van der Waals surface area contributed by atoms with Crippen molar-refractivity contribution in [1.29, 1.82) is 0 Å². The minimum atomic E-state index is -0.986. The second kappa shape index (κ2) is 10.8. The molecule has 3 rings (SSSR count). The van der Waals surface area contributed by atoms with Crippen LogP contribution < -0.4 is 20.3 Å². The van der Waals surface area contributed by atoms with Crippen molar-refractivity contribution in [3.63, 3.8) is 0 Å². The van der Waals surface area contributed by atoms with Crippen molar-refractivity contribution in [3.05, 3.63) is 40.8 Å². The quantitative estimate of drug-likeness (QED) is 0.617. The Morgan fingerprint density at radius 1 is 1.34 bits per heavy atom. The molecule has 1 atom stereocenters. The number of thiophene rings is 1. The summed E-state index contributed by atoms with van der Waals surface area (Å²) in [5.74, 6) is 1.86. The highest BCUT2D eigenvalue weighted by Gasteiger charge is 2.24. The van der Waals surface area contributed by atoms with Crippen LogP contribution in [0.25, 0.3) is 0 Å². The van der Waals surface area contributed by atoms with Gasteiger partial charge in [0.05, 0.1) is 18.1 Å². The van der Waals surface area contributed by atoms with Gasteiger partial charge in [-0.25, -0.2) is 4.79 Å². The molecule has 10 heteroatoms. The standard InChI is InChI=1S/C22H23N3O6S/c1-4-16-6-8-20(32-16)31-22(28)24-17(12-29-3)21(27)23-15-5-7-18(14(2)11-15)25-9-10-30-13-19(25)26/h1,5-8,11,17H,9-10,12-13H2,2-3H3,(H,23,27)(H,24,28). The minimum absolute atomic E-state index is 0.0495. The van der Waals surface area contributed by atoms with Crippen molar-refractivity contribution in [3.8, 4) is 17.4 Å². The highest BCUT2D eigenvalue weighted by atomic mass is 32.1. The van der Waals surface area contributed by atoms with Crippen LogP contribution in [0.3, 0.4) is 0 Å². The van der Waals surface area contributed by atoms with Crippen molar-refractivity contribution in [2.75, 3.05) is 43.7 Å². The summed E-state index contributed by atoms with van der Waals surface area (Å²) < 4.78 is 15.4. The summed E-state index contributed by atoms with van der Waals surface area (Å²) in [6.07, 6.45) is 4.51. The van der Waals surface area contributed by atoms with Gasteiger partial charge in [0.2, 0.25) is 5.91 Å². The number of amides is 3. The second-order valence-electron chi connectivity index (χ2n) is 6.89. The fourth-order valence-corrected chi connectivity index (χ4v) is 3.77. The Balaban J connectivity index is 1.63. The van der Waals surface area contributed by atoms with E-state index in [4.69, 9.17) is 20.6 Å². The SMILES string of the molecule is C#Cc1ccc(OC(=O)NC(COC)C(=O)Nc2ccc(N3CCOCC3=O)c(C)c2)s1. The van der Waals surface area contributed by atoms with Gasteiger partial charge in [0, 0.05) is 25.0 Å². The number of anilines is 2. The molecule has 1 aromatic carbocycles. The molecule has 2 aromatic rings. The molecule has 0 saturated carbocycles. The Labute approximate surface area is 189 Å². The summed E-state index contributed by atoms with van der Waals surface area (Å²) in [6, 6.07) is 7.46. The first-order chi connectivity index (χ1) is 15.4. The number of ether oxygens (including phenoxy) is 3. The van der Waals surface area contributed by atoms with Crippen LogP contribution in [0.15, 0.2) is 30.3 Å². The number of nitrogens with zero attached hydrogens (tertiary/aromatic N) is 1. The predicted octanol–water partition coefficient (Wildman–Crippen LogP) is 2.14. The van der Waals surface area contributed by atoms with Crippen molar-refractivity contribution >= 4 is 40.6 Å². The number of benzene rings is 1. The lowest BCUT2D eigenvalue weighted by atomic mass is 10.1. The first-order valence-corrected chi connectivity index (χ1v) is 10.6. The zero-order chi connectivity index (χ0) is 23.1. The molecule has 1 aromatic heterocycles. The van der Waals surface area contributed by atoms with Crippen LogP contribution in [-0.4, -0.2) is 57.4 Å². The summed E-state index contributed by atoms with van der Waals surface area (Å²) >= 11 is 1.14. The average Bonchev–Trinajstić information content (AvgIpc) is 3.21.